The van der Waals surface area contributed by atoms with Crippen LogP contribution >= 0.6 is 31.9 Å². The molecule has 0 aliphatic carbocycles. The zero-order chi connectivity index (χ0) is 14.4. The van der Waals surface area contributed by atoms with E-state index in [0.717, 1.165) is 33.4 Å². The molecule has 106 valence electrons. The van der Waals surface area contributed by atoms with Crippen molar-refractivity contribution < 1.29 is 5.11 Å². The van der Waals surface area contributed by atoms with E-state index >= 15 is 0 Å². The van der Waals surface area contributed by atoms with Crippen molar-refractivity contribution >= 4 is 31.9 Å². The van der Waals surface area contributed by atoms with Crippen LogP contribution in [0.4, 0.5) is 0 Å². The van der Waals surface area contributed by atoms with Crippen LogP contribution < -0.4 is 0 Å². The van der Waals surface area contributed by atoms with Crippen molar-refractivity contribution in [3.05, 3.63) is 57.0 Å². The fourth-order valence-corrected chi connectivity index (χ4v) is 2.78. The number of aliphatic hydroxyl groups is 1. The summed E-state index contributed by atoms with van der Waals surface area (Å²) in [6, 6.07) is 7.95. The first-order chi connectivity index (χ1) is 9.67. The third-order valence-corrected chi connectivity index (χ3v) is 3.68. The molecular weight excluding hydrogens is 386 g/mol. The van der Waals surface area contributed by atoms with Gasteiger partial charge in [-0.1, -0.05) is 0 Å². The SMILES string of the molecule is OCCN(Cc1ccnc(Br)c1)Cc1ccnc(Br)c1. The van der Waals surface area contributed by atoms with E-state index in [2.05, 4.69) is 46.7 Å². The maximum Gasteiger partial charge on any atom is 0.106 e. The van der Waals surface area contributed by atoms with E-state index in [4.69, 9.17) is 0 Å². The molecule has 6 heteroatoms. The minimum atomic E-state index is 0.137. The molecule has 2 heterocycles. The second kappa shape index (κ2) is 7.83. The van der Waals surface area contributed by atoms with E-state index in [-0.39, 0.29) is 6.61 Å². The highest BCUT2D eigenvalue weighted by atomic mass is 79.9. The molecular formula is C14H15Br2N3O. The van der Waals surface area contributed by atoms with Crippen LogP contribution in [-0.2, 0) is 13.1 Å². The number of aromatic nitrogens is 2. The smallest absolute Gasteiger partial charge is 0.106 e. The standard InChI is InChI=1S/C14H15Br2N3O/c15-13-7-11(1-3-17-13)9-19(5-6-20)10-12-2-4-18-14(16)8-12/h1-4,7-8,20H,5-6,9-10H2. The highest BCUT2D eigenvalue weighted by Crippen LogP contribution is 2.14. The average Bonchev–Trinajstić information content (AvgIpc) is 2.39. The summed E-state index contributed by atoms with van der Waals surface area (Å²) in [7, 11) is 0. The second-order valence-electron chi connectivity index (χ2n) is 4.41. The lowest BCUT2D eigenvalue weighted by Crippen LogP contribution is -2.26. The molecule has 0 atom stereocenters. The predicted octanol–water partition coefficient (Wildman–Crippen LogP) is 3.00. The Kier molecular flexibility index (Phi) is 6.09. The van der Waals surface area contributed by atoms with Crippen molar-refractivity contribution in [1.29, 1.82) is 0 Å². The van der Waals surface area contributed by atoms with Crippen LogP contribution in [0.5, 0.6) is 0 Å². The van der Waals surface area contributed by atoms with Crippen LogP contribution in [0.1, 0.15) is 11.1 Å². The first-order valence-electron chi connectivity index (χ1n) is 6.21. The van der Waals surface area contributed by atoms with Gasteiger partial charge in [-0.2, -0.15) is 0 Å². The minimum Gasteiger partial charge on any atom is -0.395 e. The molecule has 4 nitrogen and oxygen atoms in total. The van der Waals surface area contributed by atoms with Crippen LogP contribution in [0.15, 0.2) is 45.9 Å². The highest BCUT2D eigenvalue weighted by molar-refractivity contribution is 9.10. The lowest BCUT2D eigenvalue weighted by Gasteiger charge is -2.21. The van der Waals surface area contributed by atoms with Gasteiger partial charge in [0.25, 0.3) is 0 Å². The number of hydrogen-bond acceptors (Lipinski definition) is 4. The largest absolute Gasteiger partial charge is 0.395 e. The minimum absolute atomic E-state index is 0.137. The summed E-state index contributed by atoms with van der Waals surface area (Å²) in [5, 5.41) is 9.22. The van der Waals surface area contributed by atoms with E-state index in [1.807, 2.05) is 24.3 Å². The summed E-state index contributed by atoms with van der Waals surface area (Å²) in [6.07, 6.45) is 3.55. The van der Waals surface area contributed by atoms with E-state index in [9.17, 15) is 5.11 Å². The van der Waals surface area contributed by atoms with Crippen LogP contribution in [0.3, 0.4) is 0 Å². The van der Waals surface area contributed by atoms with Crippen LogP contribution in [0, 0.1) is 0 Å². The maximum atomic E-state index is 9.22. The second-order valence-corrected chi connectivity index (χ2v) is 6.03. The number of rotatable bonds is 6. The third kappa shape index (κ3) is 4.94. The fourth-order valence-electron chi connectivity index (χ4n) is 1.95. The van der Waals surface area contributed by atoms with Gasteiger partial charge in [-0.25, -0.2) is 9.97 Å². The van der Waals surface area contributed by atoms with Gasteiger partial charge in [0, 0.05) is 32.0 Å². The zero-order valence-electron chi connectivity index (χ0n) is 10.8. The normalized spacial score (nSPS) is 11.0. The van der Waals surface area contributed by atoms with Gasteiger partial charge < -0.3 is 5.11 Å². The monoisotopic (exact) mass is 399 g/mol. The van der Waals surface area contributed by atoms with Gasteiger partial charge >= 0.3 is 0 Å². The summed E-state index contributed by atoms with van der Waals surface area (Å²) in [6.45, 7) is 2.29. The molecule has 0 aromatic carbocycles. The Morgan fingerprint density at radius 2 is 1.45 bits per heavy atom. The zero-order valence-corrected chi connectivity index (χ0v) is 14.0. The molecule has 1 N–H and O–H groups in total. The van der Waals surface area contributed by atoms with E-state index in [1.165, 1.54) is 0 Å². The van der Waals surface area contributed by atoms with Crippen molar-refractivity contribution in [2.45, 2.75) is 13.1 Å². The average molecular weight is 401 g/mol. The summed E-state index contributed by atoms with van der Waals surface area (Å²) >= 11 is 6.75. The Bertz CT molecular complexity index is 518. The Morgan fingerprint density at radius 1 is 0.950 bits per heavy atom. The van der Waals surface area contributed by atoms with E-state index in [1.54, 1.807) is 12.4 Å². The number of nitrogens with zero attached hydrogens (tertiary/aromatic N) is 3. The van der Waals surface area contributed by atoms with Crippen molar-refractivity contribution in [2.24, 2.45) is 0 Å². The molecule has 0 saturated heterocycles. The third-order valence-electron chi connectivity index (χ3n) is 2.81. The predicted molar refractivity (Wildman–Crippen MR) is 85.1 cm³/mol. The van der Waals surface area contributed by atoms with Gasteiger partial charge in [-0.3, -0.25) is 4.90 Å². The Labute approximate surface area is 135 Å². The lowest BCUT2D eigenvalue weighted by atomic mass is 10.2. The number of halogens is 2. The number of aliphatic hydroxyl groups excluding tert-OH is 1. The quantitative estimate of drug-likeness (QED) is 0.757. The van der Waals surface area contributed by atoms with Crippen LogP contribution in [0.25, 0.3) is 0 Å². The van der Waals surface area contributed by atoms with Crippen molar-refractivity contribution in [3.63, 3.8) is 0 Å². The molecule has 0 aliphatic rings. The Morgan fingerprint density at radius 3 is 1.85 bits per heavy atom. The topological polar surface area (TPSA) is 49.2 Å². The summed E-state index contributed by atoms with van der Waals surface area (Å²) < 4.78 is 1.65. The van der Waals surface area contributed by atoms with Crippen molar-refractivity contribution in [2.75, 3.05) is 13.2 Å². The Balaban J connectivity index is 2.07. The number of hydrogen-bond donors (Lipinski definition) is 1. The van der Waals surface area contributed by atoms with Crippen LogP contribution in [-0.4, -0.2) is 33.1 Å². The molecule has 0 unspecified atom stereocenters. The molecule has 0 fully saturated rings. The first-order valence-corrected chi connectivity index (χ1v) is 7.80. The van der Waals surface area contributed by atoms with Gasteiger partial charge in [-0.05, 0) is 67.3 Å². The van der Waals surface area contributed by atoms with E-state index in [0.29, 0.717) is 6.54 Å². The summed E-state index contributed by atoms with van der Waals surface area (Å²) in [4.78, 5) is 10.4. The molecule has 20 heavy (non-hydrogen) atoms. The summed E-state index contributed by atoms with van der Waals surface area (Å²) in [5.41, 5.74) is 2.32. The van der Waals surface area contributed by atoms with Gasteiger partial charge in [0.05, 0.1) is 6.61 Å². The molecule has 0 aliphatic heterocycles. The molecule has 2 rings (SSSR count). The molecule has 0 spiro atoms. The Hall–Kier alpha value is -0.820. The van der Waals surface area contributed by atoms with Crippen molar-refractivity contribution in [3.8, 4) is 0 Å². The van der Waals surface area contributed by atoms with Gasteiger partial charge in [0.1, 0.15) is 9.21 Å². The molecule has 0 radical (unpaired) electrons. The molecule has 0 saturated carbocycles. The van der Waals surface area contributed by atoms with E-state index < -0.39 is 0 Å². The molecule has 0 amide bonds. The van der Waals surface area contributed by atoms with Gasteiger partial charge in [-0.15, -0.1) is 0 Å². The maximum absolute atomic E-state index is 9.22. The molecule has 0 bridgehead atoms. The van der Waals surface area contributed by atoms with Crippen molar-refractivity contribution in [1.82, 2.24) is 14.9 Å². The lowest BCUT2D eigenvalue weighted by molar-refractivity contribution is 0.184. The summed E-state index contributed by atoms with van der Waals surface area (Å²) in [5.74, 6) is 0. The van der Waals surface area contributed by atoms with Gasteiger partial charge in [0.2, 0.25) is 0 Å². The number of pyridine rings is 2. The fraction of sp³-hybridized carbons (Fsp3) is 0.286. The van der Waals surface area contributed by atoms with Crippen LogP contribution in [0.2, 0.25) is 0 Å². The first kappa shape index (κ1) is 15.6. The molecule has 2 aromatic rings. The molecule has 2 aromatic heterocycles. The van der Waals surface area contributed by atoms with Gasteiger partial charge in [0.15, 0.2) is 0 Å². The highest BCUT2D eigenvalue weighted by Gasteiger charge is 2.08.